The second-order valence-corrected chi connectivity index (χ2v) is 18.8. The van der Waals surface area contributed by atoms with Crippen molar-refractivity contribution in [1.82, 2.24) is 0 Å². The van der Waals surface area contributed by atoms with Crippen molar-refractivity contribution in [3.63, 3.8) is 0 Å². The van der Waals surface area contributed by atoms with Crippen LogP contribution in [0.25, 0.3) is 0 Å². The fourth-order valence-corrected chi connectivity index (χ4v) is 15.0. The van der Waals surface area contributed by atoms with E-state index in [0.29, 0.717) is 29.5 Å². The van der Waals surface area contributed by atoms with Crippen molar-refractivity contribution in [3.8, 4) is 0 Å². The first kappa shape index (κ1) is 36.2. The van der Waals surface area contributed by atoms with Gasteiger partial charge < -0.3 is 9.47 Å². The first-order valence-corrected chi connectivity index (χ1v) is 22.5. The van der Waals surface area contributed by atoms with Gasteiger partial charge in [-0.25, -0.2) is 0 Å². The van der Waals surface area contributed by atoms with Gasteiger partial charge in [0.15, 0.2) is 0 Å². The van der Waals surface area contributed by atoms with E-state index in [4.69, 9.17) is 21.1 Å². The summed E-state index contributed by atoms with van der Waals surface area (Å²) in [5.41, 5.74) is 0.586. The Hall–Kier alpha value is -0.120. The highest BCUT2D eigenvalue weighted by atomic mass is 35.5. The number of rotatable bonds is 11. The molecule has 0 radical (unpaired) electrons. The molecule has 3 nitrogen and oxygen atoms in total. The Balaban J connectivity index is 0.984. The zero-order valence-electron chi connectivity index (χ0n) is 31.2. The van der Waals surface area contributed by atoms with Gasteiger partial charge in [-0.2, -0.15) is 0 Å². The summed E-state index contributed by atoms with van der Waals surface area (Å²) in [6.45, 7) is 5.27. The number of hydrogen-bond acceptors (Lipinski definition) is 3. The standard InChI is InChI=1S/C44H73ClO3/c1-3-9-30-14-19-35(28-33(30)29-45)44(41-12-7-5-10-39(41)40-11-6-8-13-42(40)44)34-20-26-38(27-21-34)48-37-24-17-32(18-25-37)43(46)31-15-22-36(23-16-31)47-4-2/h30-42H,3-29H2,1-2H3. The summed E-state index contributed by atoms with van der Waals surface area (Å²) in [4.78, 5) is 13.4. The minimum Gasteiger partial charge on any atom is -0.379 e. The molecule has 7 saturated carbocycles. The van der Waals surface area contributed by atoms with Crippen molar-refractivity contribution in [3.05, 3.63) is 0 Å². The number of halogens is 1. The Morgan fingerprint density at radius 3 is 1.67 bits per heavy atom. The molecule has 48 heavy (non-hydrogen) atoms. The Kier molecular flexibility index (Phi) is 12.6. The summed E-state index contributed by atoms with van der Waals surface area (Å²) in [7, 11) is 0. The van der Waals surface area contributed by atoms with Gasteiger partial charge in [0, 0.05) is 24.3 Å². The number of carbonyl (C=O) groups excluding carboxylic acids is 1. The molecule has 7 atom stereocenters. The SMILES string of the molecule is CCCC1CCC(C2(C3CCC(OC4CCC(C(=O)C5CCC(OCC)CC5)CC4)CC3)C3CCCCC3C3CCCCC32)CC1CCl. The molecular formula is C44H73ClO3. The van der Waals surface area contributed by atoms with Gasteiger partial charge in [-0.3, -0.25) is 4.79 Å². The van der Waals surface area contributed by atoms with E-state index in [1.165, 1.54) is 109 Å². The van der Waals surface area contributed by atoms with Crippen LogP contribution < -0.4 is 0 Å². The predicted octanol–water partition coefficient (Wildman–Crippen LogP) is 12.0. The molecule has 0 aliphatic heterocycles. The zero-order chi connectivity index (χ0) is 33.1. The van der Waals surface area contributed by atoms with Gasteiger partial charge in [0.2, 0.25) is 0 Å². The minimum atomic E-state index is 0.285. The van der Waals surface area contributed by atoms with E-state index in [2.05, 4.69) is 13.8 Å². The lowest BCUT2D eigenvalue weighted by molar-refractivity contribution is -0.132. The number of ketones is 1. The molecule has 0 aromatic carbocycles. The summed E-state index contributed by atoms with van der Waals surface area (Å²) in [5.74, 6) is 9.52. The van der Waals surface area contributed by atoms with Crippen LogP contribution in [0, 0.1) is 64.6 Å². The maximum Gasteiger partial charge on any atom is 0.139 e. The van der Waals surface area contributed by atoms with E-state index in [1.54, 1.807) is 0 Å². The molecule has 4 heteroatoms. The third kappa shape index (κ3) is 7.25. The molecule has 7 unspecified atom stereocenters. The molecule has 0 N–H and O–H groups in total. The molecule has 0 bridgehead atoms. The first-order valence-electron chi connectivity index (χ1n) is 21.9. The van der Waals surface area contributed by atoms with Gasteiger partial charge in [-0.1, -0.05) is 45.4 Å². The first-order chi connectivity index (χ1) is 23.6. The second kappa shape index (κ2) is 16.7. The van der Waals surface area contributed by atoms with Crippen LogP contribution >= 0.6 is 11.6 Å². The highest BCUT2D eigenvalue weighted by molar-refractivity contribution is 6.18. The molecule has 0 saturated heterocycles. The molecule has 0 aromatic rings. The highest BCUT2D eigenvalue weighted by Crippen LogP contribution is 2.72. The Bertz CT molecular complexity index is 983. The van der Waals surface area contributed by atoms with E-state index < -0.39 is 0 Å². The van der Waals surface area contributed by atoms with Crippen LogP contribution in [0.3, 0.4) is 0 Å². The largest absolute Gasteiger partial charge is 0.379 e. The highest BCUT2D eigenvalue weighted by Gasteiger charge is 2.65. The van der Waals surface area contributed by atoms with Crippen molar-refractivity contribution in [1.29, 1.82) is 0 Å². The quantitative estimate of drug-likeness (QED) is 0.203. The topological polar surface area (TPSA) is 35.5 Å². The van der Waals surface area contributed by atoms with Crippen LogP contribution in [0.1, 0.15) is 174 Å². The third-order valence-corrected chi connectivity index (χ3v) is 16.9. The second-order valence-electron chi connectivity index (χ2n) is 18.5. The molecule has 0 heterocycles. The van der Waals surface area contributed by atoms with E-state index in [9.17, 15) is 4.79 Å². The summed E-state index contributed by atoms with van der Waals surface area (Å²) in [5, 5.41) is 0. The van der Waals surface area contributed by atoms with Crippen molar-refractivity contribution >= 4 is 17.4 Å². The Morgan fingerprint density at radius 1 is 0.604 bits per heavy atom. The normalized spacial score (nSPS) is 46.9. The van der Waals surface area contributed by atoms with Crippen LogP contribution in [0.4, 0.5) is 0 Å². The van der Waals surface area contributed by atoms with Crippen LogP contribution in [0.15, 0.2) is 0 Å². The summed E-state index contributed by atoms with van der Waals surface area (Å²) in [6, 6.07) is 0. The van der Waals surface area contributed by atoms with Gasteiger partial charge in [0.05, 0.1) is 18.3 Å². The van der Waals surface area contributed by atoms with Crippen LogP contribution in [-0.2, 0) is 14.3 Å². The lowest BCUT2D eigenvalue weighted by atomic mass is 9.47. The minimum absolute atomic E-state index is 0.285. The van der Waals surface area contributed by atoms with Crippen LogP contribution in [0.5, 0.6) is 0 Å². The van der Waals surface area contributed by atoms with Gasteiger partial charge in [-0.15, -0.1) is 11.6 Å². The number of hydrogen-bond donors (Lipinski definition) is 0. The zero-order valence-corrected chi connectivity index (χ0v) is 32.0. The lowest BCUT2D eigenvalue weighted by Crippen LogP contribution is -2.51. The number of carbonyl (C=O) groups is 1. The molecule has 0 amide bonds. The predicted molar refractivity (Wildman–Crippen MR) is 198 cm³/mol. The summed E-state index contributed by atoms with van der Waals surface area (Å²) in [6.07, 6.45) is 34.4. The number of fused-ring (bicyclic) bond motifs is 3. The van der Waals surface area contributed by atoms with Crippen LogP contribution in [0.2, 0.25) is 0 Å². The monoisotopic (exact) mass is 685 g/mol. The summed E-state index contributed by atoms with van der Waals surface area (Å²) < 4.78 is 12.8. The van der Waals surface area contributed by atoms with Crippen molar-refractivity contribution in [2.75, 3.05) is 12.5 Å². The lowest BCUT2D eigenvalue weighted by Gasteiger charge is -2.58. The van der Waals surface area contributed by atoms with E-state index in [1.807, 2.05) is 0 Å². The fraction of sp³-hybridized carbons (Fsp3) is 0.977. The molecule has 0 spiro atoms. The van der Waals surface area contributed by atoms with Gasteiger partial charge in [0.25, 0.3) is 0 Å². The smallest absolute Gasteiger partial charge is 0.139 e. The van der Waals surface area contributed by atoms with Crippen molar-refractivity contribution in [2.45, 2.75) is 193 Å². The Morgan fingerprint density at radius 2 is 1.12 bits per heavy atom. The molecule has 0 aromatic heterocycles. The van der Waals surface area contributed by atoms with Gasteiger partial charge in [0.1, 0.15) is 5.78 Å². The van der Waals surface area contributed by atoms with Crippen LogP contribution in [-0.4, -0.2) is 36.6 Å². The molecular weight excluding hydrogens is 612 g/mol. The average molecular weight is 686 g/mol. The van der Waals surface area contributed by atoms with E-state index in [-0.39, 0.29) is 11.8 Å². The molecule has 7 aliphatic carbocycles. The van der Waals surface area contributed by atoms with E-state index in [0.717, 1.165) is 111 Å². The Labute approximate surface area is 300 Å². The molecule has 7 rings (SSSR count). The van der Waals surface area contributed by atoms with Crippen molar-refractivity contribution in [2.24, 2.45) is 64.6 Å². The number of ether oxygens (including phenoxy) is 2. The molecule has 274 valence electrons. The maximum atomic E-state index is 13.4. The van der Waals surface area contributed by atoms with E-state index >= 15 is 0 Å². The maximum absolute atomic E-state index is 13.4. The molecule has 7 fully saturated rings. The molecule has 7 aliphatic rings. The average Bonchev–Trinajstić information content (AvgIpc) is 3.44. The third-order valence-electron chi connectivity index (χ3n) is 16.5. The van der Waals surface area contributed by atoms with Gasteiger partial charge >= 0.3 is 0 Å². The van der Waals surface area contributed by atoms with Gasteiger partial charge in [-0.05, 0) is 182 Å². The summed E-state index contributed by atoms with van der Waals surface area (Å²) >= 11 is 6.84. The van der Waals surface area contributed by atoms with Crippen molar-refractivity contribution < 1.29 is 14.3 Å². The number of Topliss-reactive ketones (excluding diaryl/α,β-unsaturated/α-hetero) is 1. The fourth-order valence-electron chi connectivity index (χ4n) is 14.7. The number of alkyl halides is 1.